The van der Waals surface area contributed by atoms with E-state index >= 15 is 0 Å². The molecule has 2 aromatic rings. The monoisotopic (exact) mass is 469 g/mol. The molecule has 2 amide bonds. The molecule has 0 aliphatic carbocycles. The summed E-state index contributed by atoms with van der Waals surface area (Å²) >= 11 is 5.57. The van der Waals surface area contributed by atoms with Crippen molar-refractivity contribution < 1.29 is 23.8 Å². The Balaban J connectivity index is 1.45. The fourth-order valence-electron chi connectivity index (χ4n) is 3.84. The summed E-state index contributed by atoms with van der Waals surface area (Å²) in [6.45, 7) is 5.58. The van der Waals surface area contributed by atoms with Gasteiger partial charge in [-0.25, -0.2) is 0 Å². The van der Waals surface area contributed by atoms with Gasteiger partial charge in [0.2, 0.25) is 12.7 Å². The molecule has 2 aromatic carbocycles. The second-order valence-electron chi connectivity index (χ2n) is 7.82. The molecule has 0 bridgehead atoms. The van der Waals surface area contributed by atoms with Gasteiger partial charge in [-0.05, 0) is 67.5 Å². The molecule has 8 nitrogen and oxygen atoms in total. The third kappa shape index (κ3) is 5.03. The predicted octanol–water partition coefficient (Wildman–Crippen LogP) is 3.55. The third-order valence-electron chi connectivity index (χ3n) is 5.50. The Kier molecular flexibility index (Phi) is 6.98. The maximum Gasteiger partial charge on any atom is 0.252 e. The van der Waals surface area contributed by atoms with E-state index < -0.39 is 6.04 Å². The van der Waals surface area contributed by atoms with Gasteiger partial charge in [-0.1, -0.05) is 13.0 Å². The van der Waals surface area contributed by atoms with Gasteiger partial charge in [0.05, 0.1) is 13.0 Å². The van der Waals surface area contributed by atoms with Crippen LogP contribution in [0.3, 0.4) is 0 Å². The summed E-state index contributed by atoms with van der Waals surface area (Å²) in [6.07, 6.45) is 0.918. The molecule has 2 heterocycles. The lowest BCUT2D eigenvalue weighted by Gasteiger charge is -2.24. The molecule has 0 aromatic heterocycles. The van der Waals surface area contributed by atoms with Crippen LogP contribution in [0, 0.1) is 0 Å². The molecule has 1 N–H and O–H groups in total. The van der Waals surface area contributed by atoms with Crippen LogP contribution in [0.15, 0.2) is 42.5 Å². The predicted molar refractivity (Wildman–Crippen MR) is 127 cm³/mol. The van der Waals surface area contributed by atoms with Crippen LogP contribution in [-0.2, 0) is 16.1 Å². The van der Waals surface area contributed by atoms with Gasteiger partial charge in [-0.3, -0.25) is 14.5 Å². The van der Waals surface area contributed by atoms with Crippen molar-refractivity contribution in [2.45, 2.75) is 39.3 Å². The van der Waals surface area contributed by atoms with Crippen LogP contribution in [-0.4, -0.2) is 52.7 Å². The summed E-state index contributed by atoms with van der Waals surface area (Å²) in [5.74, 6) is 1.68. The molecule has 1 atom stereocenters. The van der Waals surface area contributed by atoms with Crippen LogP contribution < -0.4 is 19.5 Å². The average Bonchev–Trinajstić information content (AvgIpc) is 3.36. The topological polar surface area (TPSA) is 80.3 Å². The summed E-state index contributed by atoms with van der Waals surface area (Å²) in [6, 6.07) is 12.1. The smallest absolute Gasteiger partial charge is 0.252 e. The normalized spacial score (nSPS) is 17.0. The molecule has 1 fully saturated rings. The fourth-order valence-corrected chi connectivity index (χ4v) is 4.25. The van der Waals surface area contributed by atoms with E-state index in [2.05, 4.69) is 5.32 Å². The summed E-state index contributed by atoms with van der Waals surface area (Å²) in [7, 11) is 0. The molecule has 0 spiro atoms. The number of amides is 2. The van der Waals surface area contributed by atoms with Crippen LogP contribution in [0.4, 0.5) is 5.69 Å². The zero-order valence-electron chi connectivity index (χ0n) is 18.7. The molecule has 0 unspecified atom stereocenters. The minimum Gasteiger partial charge on any atom is -0.494 e. The highest BCUT2D eigenvalue weighted by Gasteiger charge is 2.42. The van der Waals surface area contributed by atoms with Crippen molar-refractivity contribution in [2.24, 2.45) is 0 Å². The Labute approximate surface area is 198 Å². The van der Waals surface area contributed by atoms with Crippen LogP contribution in [0.25, 0.3) is 0 Å². The Bertz CT molecular complexity index is 1040. The number of carbonyl (C=O) groups excluding carboxylic acids is 2. The molecule has 9 heteroatoms. The number of nitrogens with one attached hydrogen (secondary N) is 1. The molecule has 2 aliphatic heterocycles. The number of benzene rings is 2. The van der Waals surface area contributed by atoms with Gasteiger partial charge in [0.1, 0.15) is 11.8 Å². The van der Waals surface area contributed by atoms with E-state index in [4.69, 9.17) is 26.4 Å². The van der Waals surface area contributed by atoms with Crippen molar-refractivity contribution in [2.75, 3.05) is 25.3 Å². The molecule has 33 heavy (non-hydrogen) atoms. The van der Waals surface area contributed by atoms with Crippen LogP contribution in [0.2, 0.25) is 0 Å². The highest BCUT2D eigenvalue weighted by atomic mass is 32.1. The van der Waals surface area contributed by atoms with Gasteiger partial charge in [-0.2, -0.15) is 0 Å². The maximum atomic E-state index is 13.0. The summed E-state index contributed by atoms with van der Waals surface area (Å²) < 4.78 is 16.4. The largest absolute Gasteiger partial charge is 0.494 e. The lowest BCUT2D eigenvalue weighted by molar-refractivity contribution is -0.130. The minimum absolute atomic E-state index is 0.00584. The fraction of sp³-hybridized carbons (Fsp3) is 0.375. The van der Waals surface area contributed by atoms with Crippen molar-refractivity contribution in [3.05, 3.63) is 48.0 Å². The summed E-state index contributed by atoms with van der Waals surface area (Å²) in [5, 5.41) is 3.29. The van der Waals surface area contributed by atoms with Crippen LogP contribution >= 0.6 is 12.2 Å². The number of thiocarbonyl (C=S) groups is 1. The second kappa shape index (κ2) is 10.1. The lowest BCUT2D eigenvalue weighted by Crippen LogP contribution is -2.37. The first-order valence-electron chi connectivity index (χ1n) is 11.0. The van der Waals surface area contributed by atoms with Crippen molar-refractivity contribution in [3.63, 3.8) is 0 Å². The Hall–Kier alpha value is -3.33. The number of likely N-dealkylation sites (N-methyl/N-ethyl adjacent to an activating group) is 1. The number of anilines is 1. The van der Waals surface area contributed by atoms with Crippen molar-refractivity contribution in [1.29, 1.82) is 0 Å². The maximum absolute atomic E-state index is 13.0. The Morgan fingerprint density at radius 2 is 1.91 bits per heavy atom. The first-order chi connectivity index (χ1) is 16.0. The highest BCUT2D eigenvalue weighted by molar-refractivity contribution is 7.80. The van der Waals surface area contributed by atoms with Gasteiger partial charge in [-0.15, -0.1) is 0 Å². The lowest BCUT2D eigenvalue weighted by atomic mass is 10.1. The van der Waals surface area contributed by atoms with Crippen LogP contribution in [0.5, 0.6) is 17.2 Å². The number of hydrogen-bond donors (Lipinski definition) is 1. The molecule has 4 rings (SSSR count). The minimum atomic E-state index is -0.671. The second-order valence-corrected chi connectivity index (χ2v) is 8.19. The quantitative estimate of drug-likeness (QED) is 0.563. The van der Waals surface area contributed by atoms with E-state index in [1.54, 1.807) is 21.9 Å². The van der Waals surface area contributed by atoms with E-state index in [1.807, 2.05) is 44.2 Å². The number of nitrogens with zero attached hydrogens (tertiary/aromatic N) is 2. The standard InChI is InChI=1S/C24H27N3O5S/c1-3-11-30-18-8-6-17(7-9-18)25-22(28)13-19-23(29)26(4-2)24(33)27(19)14-16-5-10-20-21(12-16)32-15-31-20/h5-10,12,19H,3-4,11,13-15H2,1-2H3,(H,25,28)/t19-/m1/s1. The van der Waals surface area contributed by atoms with Crippen molar-refractivity contribution >= 4 is 34.8 Å². The van der Waals surface area contributed by atoms with E-state index in [0.717, 1.165) is 17.7 Å². The zero-order valence-corrected chi connectivity index (χ0v) is 19.5. The van der Waals surface area contributed by atoms with Gasteiger partial charge in [0.25, 0.3) is 5.91 Å². The van der Waals surface area contributed by atoms with Gasteiger partial charge in [0.15, 0.2) is 16.6 Å². The number of rotatable bonds is 9. The van der Waals surface area contributed by atoms with Gasteiger partial charge >= 0.3 is 0 Å². The van der Waals surface area contributed by atoms with Gasteiger partial charge < -0.3 is 24.4 Å². The molecule has 0 saturated carbocycles. The number of fused-ring (bicyclic) bond motifs is 1. The van der Waals surface area contributed by atoms with E-state index in [9.17, 15) is 9.59 Å². The number of carbonyl (C=O) groups is 2. The van der Waals surface area contributed by atoms with Crippen LogP contribution in [0.1, 0.15) is 32.3 Å². The third-order valence-corrected chi connectivity index (χ3v) is 5.95. The van der Waals surface area contributed by atoms with Gasteiger partial charge in [0, 0.05) is 18.8 Å². The number of ether oxygens (including phenoxy) is 3. The average molecular weight is 470 g/mol. The molecule has 2 aliphatic rings. The number of hydrogen-bond acceptors (Lipinski definition) is 6. The molecule has 174 valence electrons. The molecule has 1 saturated heterocycles. The highest BCUT2D eigenvalue weighted by Crippen LogP contribution is 2.34. The first-order valence-corrected chi connectivity index (χ1v) is 11.4. The SMILES string of the molecule is CCCOc1ccc(NC(=O)C[C@@H]2C(=O)N(CC)C(=S)N2Cc2ccc3c(c2)OCO3)cc1. The van der Waals surface area contributed by atoms with E-state index in [1.165, 1.54) is 0 Å². The molecule has 0 radical (unpaired) electrons. The summed E-state index contributed by atoms with van der Waals surface area (Å²) in [5.41, 5.74) is 1.56. The summed E-state index contributed by atoms with van der Waals surface area (Å²) in [4.78, 5) is 29.2. The first kappa shape index (κ1) is 22.8. The Morgan fingerprint density at radius 1 is 1.15 bits per heavy atom. The Morgan fingerprint density at radius 3 is 2.64 bits per heavy atom. The van der Waals surface area contributed by atoms with E-state index in [-0.39, 0.29) is 25.0 Å². The van der Waals surface area contributed by atoms with Crippen molar-refractivity contribution in [1.82, 2.24) is 9.80 Å². The van der Waals surface area contributed by atoms with Crippen molar-refractivity contribution in [3.8, 4) is 17.2 Å². The van der Waals surface area contributed by atoms with E-state index in [0.29, 0.717) is 42.0 Å². The molecular weight excluding hydrogens is 442 g/mol. The molecular formula is C24H27N3O5S. The zero-order chi connectivity index (χ0) is 23.4.